The summed E-state index contributed by atoms with van der Waals surface area (Å²) in [6, 6.07) is 4.95. The fourth-order valence-electron chi connectivity index (χ4n) is 7.83. The normalized spacial score (nSPS) is 30.4. The molecule has 2 heterocycles. The van der Waals surface area contributed by atoms with Crippen molar-refractivity contribution < 1.29 is 37.8 Å². The number of halogens is 3. The third-order valence-electron chi connectivity index (χ3n) is 9.80. The molecule has 6 rings (SSSR count). The van der Waals surface area contributed by atoms with Crippen molar-refractivity contribution in [3.8, 4) is 11.5 Å². The third kappa shape index (κ3) is 3.58. The number of likely N-dealkylation sites (tertiary alicyclic amines) is 1. The van der Waals surface area contributed by atoms with Crippen LogP contribution in [0.15, 0.2) is 30.3 Å². The van der Waals surface area contributed by atoms with E-state index < -0.39 is 45.9 Å². The van der Waals surface area contributed by atoms with Gasteiger partial charge >= 0.3 is 6.18 Å². The van der Waals surface area contributed by atoms with Gasteiger partial charge in [0.1, 0.15) is 6.10 Å². The average Bonchev–Trinajstić information content (AvgIpc) is 3.25. The summed E-state index contributed by atoms with van der Waals surface area (Å²) >= 11 is 0. The lowest BCUT2D eigenvalue weighted by atomic mass is 9.48. The lowest BCUT2D eigenvalue weighted by Crippen LogP contribution is -2.77. The number of piperidine rings is 1. The van der Waals surface area contributed by atoms with Gasteiger partial charge in [-0.1, -0.05) is 12.1 Å². The first-order valence-corrected chi connectivity index (χ1v) is 13.3. The zero-order chi connectivity index (χ0) is 28.8. The smallest absolute Gasteiger partial charge is 0.416 e. The van der Waals surface area contributed by atoms with E-state index >= 15 is 0 Å². The second kappa shape index (κ2) is 8.81. The number of nitro benzene ring substituents is 1. The number of hydrogen-bond acceptors (Lipinski definition) is 7. The maximum Gasteiger partial charge on any atom is 0.416 e. The minimum absolute atomic E-state index is 0.0582. The van der Waals surface area contributed by atoms with E-state index in [-0.39, 0.29) is 42.4 Å². The van der Waals surface area contributed by atoms with E-state index in [2.05, 4.69) is 0 Å². The van der Waals surface area contributed by atoms with Crippen molar-refractivity contribution in [2.75, 3.05) is 20.6 Å². The number of phenols is 1. The molecule has 1 saturated carbocycles. The fraction of sp³-hybridized carbons (Fsp3) is 0.536. The van der Waals surface area contributed by atoms with Crippen LogP contribution < -0.4 is 4.74 Å². The predicted molar refractivity (Wildman–Crippen MR) is 136 cm³/mol. The Morgan fingerprint density at radius 2 is 1.98 bits per heavy atom. The molecule has 12 heteroatoms. The molecule has 1 spiro atoms. The predicted octanol–water partition coefficient (Wildman–Crippen LogP) is 3.56. The Kier molecular flexibility index (Phi) is 5.91. The molecule has 2 aromatic carbocycles. The molecular weight excluding hydrogens is 531 g/mol. The molecule has 2 aliphatic heterocycles. The number of rotatable bonds is 5. The summed E-state index contributed by atoms with van der Waals surface area (Å²) in [5.41, 5.74) is -1.72. The van der Waals surface area contributed by atoms with Crippen molar-refractivity contribution in [1.29, 1.82) is 0 Å². The highest BCUT2D eigenvalue weighted by molar-refractivity contribution is 5.77. The summed E-state index contributed by atoms with van der Waals surface area (Å²) in [6.45, 7) is 0.605. The number of phenolic OH excluding ortho intramolecular Hbond substituents is 1. The zero-order valence-corrected chi connectivity index (χ0v) is 22.1. The number of likely N-dealkylation sites (N-methyl/N-ethyl adjacent to an activating group) is 2. The summed E-state index contributed by atoms with van der Waals surface area (Å²) in [5, 5.41) is 35.1. The molecular formula is C28H30F3N3O6. The Bertz CT molecular complexity index is 1400. The van der Waals surface area contributed by atoms with E-state index in [1.807, 2.05) is 11.9 Å². The first kappa shape index (κ1) is 26.8. The number of carbonyl (C=O) groups is 1. The van der Waals surface area contributed by atoms with Crippen LogP contribution in [0, 0.1) is 10.1 Å². The number of nitro groups is 1. The molecule has 2 fully saturated rings. The van der Waals surface area contributed by atoms with Crippen molar-refractivity contribution >= 4 is 11.6 Å². The van der Waals surface area contributed by atoms with Crippen molar-refractivity contribution in [2.24, 2.45) is 0 Å². The number of aliphatic hydroxyl groups is 1. The molecule has 2 unspecified atom stereocenters. The third-order valence-corrected chi connectivity index (χ3v) is 9.80. The second-order valence-corrected chi connectivity index (χ2v) is 11.5. The number of aromatic hydroxyl groups is 1. The summed E-state index contributed by atoms with van der Waals surface area (Å²) in [6.07, 6.45) is -3.42. The molecule has 1 saturated heterocycles. The average molecular weight is 562 g/mol. The summed E-state index contributed by atoms with van der Waals surface area (Å²) < 4.78 is 45.1. The lowest BCUT2D eigenvalue weighted by molar-refractivity contribution is -0.386. The van der Waals surface area contributed by atoms with Gasteiger partial charge in [0.05, 0.1) is 33.6 Å². The topological polar surface area (TPSA) is 116 Å². The van der Waals surface area contributed by atoms with Gasteiger partial charge < -0.3 is 24.7 Å². The number of aryl methyl sites for hydroxylation is 1. The van der Waals surface area contributed by atoms with Crippen LogP contribution >= 0.6 is 0 Å². The summed E-state index contributed by atoms with van der Waals surface area (Å²) in [5.74, 6) is -0.449. The number of carbonyl (C=O) groups excluding carboxylic acids is 1. The molecule has 2 aromatic rings. The Labute approximate surface area is 228 Å². The number of alkyl halides is 3. The fourth-order valence-corrected chi connectivity index (χ4v) is 7.83. The van der Waals surface area contributed by atoms with E-state index in [4.69, 9.17) is 4.74 Å². The molecule has 40 heavy (non-hydrogen) atoms. The first-order chi connectivity index (χ1) is 18.8. The molecule has 2 bridgehead atoms. The van der Waals surface area contributed by atoms with Crippen molar-refractivity contribution in [3.05, 3.63) is 62.7 Å². The molecule has 1 amide bonds. The number of amides is 1. The maximum absolute atomic E-state index is 13.4. The SMILES string of the molecule is CN(C(=O)CCc1ccc(C(F)(F)F)cc1)C1CC[C@@]2(O)[C@H]3Cc4c([N+](=O)[O-])cc(O)c5c4[C@@]2(CCN3C)C1O5. The molecule has 2 N–H and O–H groups in total. The number of nitrogens with zero attached hydrogens (tertiary/aromatic N) is 3. The van der Waals surface area contributed by atoms with Crippen LogP contribution in [-0.2, 0) is 29.2 Å². The van der Waals surface area contributed by atoms with E-state index in [0.29, 0.717) is 42.5 Å². The van der Waals surface area contributed by atoms with Gasteiger partial charge in [-0.2, -0.15) is 13.2 Å². The van der Waals surface area contributed by atoms with Crippen LogP contribution in [-0.4, -0.2) is 75.3 Å². The van der Waals surface area contributed by atoms with Gasteiger partial charge in [-0.25, -0.2) is 0 Å². The molecule has 2 aliphatic carbocycles. The summed E-state index contributed by atoms with van der Waals surface area (Å²) in [7, 11) is 3.53. The van der Waals surface area contributed by atoms with Crippen molar-refractivity contribution in [3.63, 3.8) is 0 Å². The van der Waals surface area contributed by atoms with Gasteiger partial charge in [0.25, 0.3) is 5.69 Å². The quantitative estimate of drug-likeness (QED) is 0.424. The van der Waals surface area contributed by atoms with Gasteiger partial charge in [0, 0.05) is 30.6 Å². The number of hydrogen-bond donors (Lipinski definition) is 2. The van der Waals surface area contributed by atoms with E-state index in [9.17, 15) is 38.3 Å². The van der Waals surface area contributed by atoms with E-state index in [1.165, 1.54) is 12.1 Å². The van der Waals surface area contributed by atoms with Crippen LogP contribution in [0.5, 0.6) is 11.5 Å². The Morgan fingerprint density at radius 3 is 2.62 bits per heavy atom. The molecule has 0 aromatic heterocycles. The van der Waals surface area contributed by atoms with Gasteiger partial charge in [-0.3, -0.25) is 14.9 Å². The van der Waals surface area contributed by atoms with Crippen LogP contribution in [0.1, 0.15) is 47.9 Å². The first-order valence-electron chi connectivity index (χ1n) is 13.3. The van der Waals surface area contributed by atoms with E-state index in [0.717, 1.165) is 18.2 Å². The molecule has 4 aliphatic rings. The van der Waals surface area contributed by atoms with Crippen LogP contribution in [0.4, 0.5) is 18.9 Å². The monoisotopic (exact) mass is 561 g/mol. The Hall–Kier alpha value is -3.38. The van der Waals surface area contributed by atoms with Gasteiger partial charge in [0.2, 0.25) is 5.91 Å². The minimum Gasteiger partial charge on any atom is -0.504 e. The van der Waals surface area contributed by atoms with Crippen molar-refractivity contribution in [1.82, 2.24) is 9.80 Å². The van der Waals surface area contributed by atoms with Crippen molar-refractivity contribution in [2.45, 2.75) is 73.9 Å². The number of benzene rings is 2. The minimum atomic E-state index is -4.43. The standard InChI is InChI=1S/C28H30F3N3O6/c1-32-12-11-26-23-17-13-21(32)27(26,37)10-9-18(25(26)40-24(23)20(35)14-19(17)34(38)39)33(2)22(36)8-5-15-3-6-16(7-4-15)28(29,30)31/h3-4,6-7,14,18,21,25,35,37H,5,8-13H2,1-2H3/t18?,21-,25?,26+,27-/m1/s1. The maximum atomic E-state index is 13.4. The van der Waals surface area contributed by atoms with Gasteiger partial charge in [-0.05, 0) is 63.4 Å². The molecule has 9 nitrogen and oxygen atoms in total. The highest BCUT2D eigenvalue weighted by atomic mass is 19.4. The van der Waals surface area contributed by atoms with E-state index in [1.54, 1.807) is 11.9 Å². The van der Waals surface area contributed by atoms with Gasteiger partial charge in [0.15, 0.2) is 11.5 Å². The molecule has 5 atom stereocenters. The Balaban J connectivity index is 1.31. The second-order valence-electron chi connectivity index (χ2n) is 11.5. The van der Waals surface area contributed by atoms with Crippen LogP contribution in [0.2, 0.25) is 0 Å². The Morgan fingerprint density at radius 1 is 1.27 bits per heavy atom. The number of ether oxygens (including phenoxy) is 1. The van der Waals surface area contributed by atoms with Crippen LogP contribution in [0.25, 0.3) is 0 Å². The molecule has 0 radical (unpaired) electrons. The highest BCUT2D eigenvalue weighted by Crippen LogP contribution is 2.66. The molecule has 214 valence electrons. The lowest BCUT2D eigenvalue weighted by Gasteiger charge is -2.64. The largest absolute Gasteiger partial charge is 0.504 e. The van der Waals surface area contributed by atoms with Gasteiger partial charge in [-0.15, -0.1) is 0 Å². The van der Waals surface area contributed by atoms with Crippen LogP contribution in [0.3, 0.4) is 0 Å². The highest BCUT2D eigenvalue weighted by Gasteiger charge is 2.74. The summed E-state index contributed by atoms with van der Waals surface area (Å²) in [4.78, 5) is 28.4. The zero-order valence-electron chi connectivity index (χ0n) is 22.1.